The lowest BCUT2D eigenvalue weighted by Crippen LogP contribution is -2.28. The van der Waals surface area contributed by atoms with Gasteiger partial charge in [0.2, 0.25) is 0 Å². The molecule has 0 aliphatic heterocycles. The fourth-order valence-corrected chi connectivity index (χ4v) is 6.30. The van der Waals surface area contributed by atoms with E-state index < -0.39 is 0 Å². The van der Waals surface area contributed by atoms with E-state index in [1.54, 1.807) is 0 Å². The van der Waals surface area contributed by atoms with E-state index in [2.05, 4.69) is 45.2 Å². The van der Waals surface area contributed by atoms with Crippen molar-refractivity contribution in [2.75, 3.05) is 32.0 Å². The summed E-state index contributed by atoms with van der Waals surface area (Å²) in [5.41, 5.74) is 7.44. The first-order chi connectivity index (χ1) is 24.0. The fourth-order valence-electron chi connectivity index (χ4n) is 6.30. The average Bonchev–Trinajstić information content (AvgIpc) is 3.52. The van der Waals surface area contributed by atoms with Crippen LogP contribution < -0.4 is 5.73 Å². The summed E-state index contributed by atoms with van der Waals surface area (Å²) in [7, 11) is 0. The lowest BCUT2D eigenvalue weighted by molar-refractivity contribution is -0.150. The Morgan fingerprint density at radius 3 is 1.98 bits per heavy atom. The number of esters is 2. The molecule has 0 aliphatic rings. The summed E-state index contributed by atoms with van der Waals surface area (Å²) >= 11 is 0. The molecule has 1 atom stereocenters. The molecule has 0 amide bonds. The minimum Gasteiger partial charge on any atom is -0.466 e. The third kappa shape index (κ3) is 19.9. The van der Waals surface area contributed by atoms with Gasteiger partial charge in [-0.3, -0.25) is 9.59 Å². The molecule has 0 saturated heterocycles. The molecule has 2 N–H and O–H groups in total. The van der Waals surface area contributed by atoms with Crippen molar-refractivity contribution in [1.82, 2.24) is 24.4 Å². The maximum absolute atomic E-state index is 12.5. The van der Waals surface area contributed by atoms with Gasteiger partial charge in [0.1, 0.15) is 17.9 Å². The summed E-state index contributed by atoms with van der Waals surface area (Å²) in [5, 5.41) is 0. The molecule has 0 aliphatic carbocycles. The number of hydrogen-bond donors (Lipinski definition) is 1. The van der Waals surface area contributed by atoms with Gasteiger partial charge in [-0.05, 0) is 77.4 Å². The Hall–Kier alpha value is -2.75. The molecule has 0 aromatic carbocycles. The van der Waals surface area contributed by atoms with Gasteiger partial charge in [-0.15, -0.1) is 0 Å². The van der Waals surface area contributed by atoms with E-state index in [1.165, 1.54) is 44.9 Å². The van der Waals surface area contributed by atoms with Crippen LogP contribution in [0.1, 0.15) is 168 Å². The number of imidazole rings is 1. The topological polar surface area (TPSA) is 125 Å². The van der Waals surface area contributed by atoms with Gasteiger partial charge in [-0.2, -0.15) is 0 Å². The first-order valence-electron chi connectivity index (χ1n) is 20.0. The molecule has 49 heavy (non-hydrogen) atoms. The maximum Gasteiger partial charge on any atom is 0.306 e. The molecule has 2 rings (SSSR count). The number of carbonyl (C=O) groups is 2. The summed E-state index contributed by atoms with van der Waals surface area (Å²) in [6, 6.07) is 0. The summed E-state index contributed by atoms with van der Waals surface area (Å²) in [5.74, 6) is 0.367. The second-order valence-electron chi connectivity index (χ2n) is 13.8. The zero-order valence-electron chi connectivity index (χ0n) is 31.5. The highest BCUT2D eigenvalue weighted by Gasteiger charge is 2.14. The monoisotopic (exact) mass is 687 g/mol. The molecule has 10 nitrogen and oxygen atoms in total. The van der Waals surface area contributed by atoms with E-state index in [0.717, 1.165) is 128 Å². The van der Waals surface area contributed by atoms with E-state index in [4.69, 9.17) is 15.2 Å². The standard InChI is InChI=1S/C39H70N6O4/c1-4-7-16-24-34(23-9-6-3)49-36(47)26-18-13-11-15-20-28-44(27-19-14-10-12-17-25-35(46)48-31-21-8-5-2)29-22-30-45-33-43-37-38(40)41-32-42-39(37)45/h32-34H,4-31H2,1-3H3,(H2,40,41,42). The van der Waals surface area contributed by atoms with Crippen molar-refractivity contribution in [2.45, 2.75) is 181 Å². The molecule has 0 radical (unpaired) electrons. The number of nitrogens with two attached hydrogens (primary N) is 1. The highest BCUT2D eigenvalue weighted by Crippen LogP contribution is 2.17. The molecular formula is C39H70N6O4. The number of rotatable bonds is 32. The molecular weight excluding hydrogens is 616 g/mol. The normalized spacial score (nSPS) is 12.2. The van der Waals surface area contributed by atoms with Crippen LogP contribution in [0.4, 0.5) is 5.82 Å². The summed E-state index contributed by atoms with van der Waals surface area (Å²) < 4.78 is 13.3. The smallest absolute Gasteiger partial charge is 0.306 e. The minimum absolute atomic E-state index is 0.00839. The highest BCUT2D eigenvalue weighted by atomic mass is 16.5. The molecule has 280 valence electrons. The first kappa shape index (κ1) is 42.4. The van der Waals surface area contributed by atoms with Crippen LogP contribution in [0.15, 0.2) is 12.7 Å². The van der Waals surface area contributed by atoms with Gasteiger partial charge in [0.05, 0.1) is 12.9 Å². The Labute approximate surface area is 297 Å². The Balaban J connectivity index is 1.68. The van der Waals surface area contributed by atoms with Gasteiger partial charge < -0.3 is 24.7 Å². The zero-order chi connectivity index (χ0) is 35.4. The van der Waals surface area contributed by atoms with Gasteiger partial charge in [0.25, 0.3) is 0 Å². The number of nitrogen functional groups attached to an aromatic ring is 1. The Kier molecular flexibility index (Phi) is 24.2. The summed E-state index contributed by atoms with van der Waals surface area (Å²) in [6.07, 6.45) is 27.6. The first-order valence-corrected chi connectivity index (χ1v) is 20.0. The number of aromatic nitrogens is 4. The predicted octanol–water partition coefficient (Wildman–Crippen LogP) is 9.20. The molecule has 1 unspecified atom stereocenters. The Morgan fingerprint density at radius 1 is 0.694 bits per heavy atom. The van der Waals surface area contributed by atoms with Crippen LogP contribution in [-0.4, -0.2) is 68.7 Å². The fraction of sp³-hybridized carbons (Fsp3) is 0.821. The van der Waals surface area contributed by atoms with Gasteiger partial charge in [0, 0.05) is 19.4 Å². The minimum atomic E-state index is -0.0455. The molecule has 0 saturated carbocycles. The molecule has 0 bridgehead atoms. The van der Waals surface area contributed by atoms with Gasteiger partial charge in [0.15, 0.2) is 11.5 Å². The number of unbranched alkanes of at least 4 members (excludes halogenated alkanes) is 13. The lowest BCUT2D eigenvalue weighted by Gasteiger charge is -2.22. The number of fused-ring (bicyclic) bond motifs is 1. The number of carbonyl (C=O) groups excluding carboxylic acids is 2. The van der Waals surface area contributed by atoms with E-state index in [0.29, 0.717) is 30.8 Å². The summed E-state index contributed by atoms with van der Waals surface area (Å²) in [4.78, 5) is 39.9. The average molecular weight is 687 g/mol. The molecule has 2 aromatic rings. The third-order valence-corrected chi connectivity index (χ3v) is 9.33. The van der Waals surface area contributed by atoms with Crippen LogP contribution in [-0.2, 0) is 25.6 Å². The van der Waals surface area contributed by atoms with Gasteiger partial charge >= 0.3 is 11.9 Å². The van der Waals surface area contributed by atoms with Gasteiger partial charge in [-0.25, -0.2) is 15.0 Å². The van der Waals surface area contributed by atoms with Crippen LogP contribution in [0.3, 0.4) is 0 Å². The lowest BCUT2D eigenvalue weighted by atomic mass is 10.1. The van der Waals surface area contributed by atoms with Crippen LogP contribution in [0, 0.1) is 0 Å². The van der Waals surface area contributed by atoms with E-state index in [9.17, 15) is 9.59 Å². The van der Waals surface area contributed by atoms with Gasteiger partial charge in [-0.1, -0.05) is 97.8 Å². The number of aryl methyl sites for hydroxylation is 1. The van der Waals surface area contributed by atoms with Crippen molar-refractivity contribution in [2.24, 2.45) is 0 Å². The SMILES string of the molecule is CCCCCOC(=O)CCCCCCCN(CCCCCCCC(=O)OC(CCCC)CCCCC)CCCn1cnc2c(N)ncnc21. The second kappa shape index (κ2) is 28.0. The van der Waals surface area contributed by atoms with Crippen molar-refractivity contribution in [3.63, 3.8) is 0 Å². The number of anilines is 1. The highest BCUT2D eigenvalue weighted by molar-refractivity contribution is 5.81. The van der Waals surface area contributed by atoms with E-state index in [-0.39, 0.29) is 18.0 Å². The van der Waals surface area contributed by atoms with E-state index >= 15 is 0 Å². The van der Waals surface area contributed by atoms with Crippen molar-refractivity contribution in [3.8, 4) is 0 Å². The van der Waals surface area contributed by atoms with Crippen LogP contribution in [0.5, 0.6) is 0 Å². The van der Waals surface area contributed by atoms with Crippen molar-refractivity contribution >= 4 is 28.9 Å². The van der Waals surface area contributed by atoms with Crippen LogP contribution >= 0.6 is 0 Å². The third-order valence-electron chi connectivity index (χ3n) is 9.33. The van der Waals surface area contributed by atoms with Crippen molar-refractivity contribution in [1.29, 1.82) is 0 Å². The predicted molar refractivity (Wildman–Crippen MR) is 200 cm³/mol. The zero-order valence-corrected chi connectivity index (χ0v) is 31.5. The second-order valence-corrected chi connectivity index (χ2v) is 13.8. The van der Waals surface area contributed by atoms with Crippen molar-refractivity contribution in [3.05, 3.63) is 12.7 Å². The number of nitrogens with zero attached hydrogens (tertiary/aromatic N) is 5. The largest absolute Gasteiger partial charge is 0.466 e. The van der Waals surface area contributed by atoms with Crippen LogP contribution in [0.25, 0.3) is 11.2 Å². The number of hydrogen-bond acceptors (Lipinski definition) is 9. The molecule has 0 spiro atoms. The molecule has 10 heteroatoms. The quantitative estimate of drug-likeness (QED) is 0.0592. The summed E-state index contributed by atoms with van der Waals surface area (Å²) in [6.45, 7) is 11.2. The number of ether oxygens (including phenoxy) is 2. The molecule has 2 heterocycles. The van der Waals surface area contributed by atoms with Crippen molar-refractivity contribution < 1.29 is 19.1 Å². The van der Waals surface area contributed by atoms with E-state index in [1.807, 2.05) is 6.33 Å². The van der Waals surface area contributed by atoms with Crippen LogP contribution in [0.2, 0.25) is 0 Å². The molecule has 0 fully saturated rings. The Morgan fingerprint density at radius 2 is 1.29 bits per heavy atom. The Bertz CT molecular complexity index is 1130. The molecule has 2 aromatic heterocycles. The maximum atomic E-state index is 12.5.